The molecule has 0 radical (unpaired) electrons. The third kappa shape index (κ3) is 2.21. The second-order valence-electron chi connectivity index (χ2n) is 3.34. The first-order valence-electron chi connectivity index (χ1n) is 4.55. The monoisotopic (exact) mass is 241 g/mol. The molecule has 2 N–H and O–H groups in total. The molecule has 1 aromatic carbocycles. The lowest BCUT2D eigenvalue weighted by molar-refractivity contribution is 0.299. The van der Waals surface area contributed by atoms with Crippen LogP contribution >= 0.6 is 0 Å². The van der Waals surface area contributed by atoms with Gasteiger partial charge in [0.1, 0.15) is 6.61 Å². The van der Waals surface area contributed by atoms with Gasteiger partial charge >= 0.3 is 10.3 Å². The number of nitrogens with zero attached hydrogens (tertiary/aromatic N) is 2. The lowest BCUT2D eigenvalue weighted by Crippen LogP contribution is -2.16. The summed E-state index contributed by atoms with van der Waals surface area (Å²) in [7, 11) is -2.20. The lowest BCUT2D eigenvalue weighted by atomic mass is 10.2. The summed E-state index contributed by atoms with van der Waals surface area (Å²) < 4.78 is 27.5. The van der Waals surface area contributed by atoms with Crippen molar-refractivity contribution in [2.24, 2.45) is 12.2 Å². The predicted octanol–water partition coefficient (Wildman–Crippen LogP) is 0.293. The molecule has 0 unspecified atom stereocenters. The Morgan fingerprint density at radius 1 is 1.44 bits per heavy atom. The fraction of sp³-hybridized carbons (Fsp3) is 0.222. The van der Waals surface area contributed by atoms with Gasteiger partial charge in [-0.3, -0.25) is 8.86 Å². The van der Waals surface area contributed by atoms with Crippen molar-refractivity contribution in [3.8, 4) is 0 Å². The van der Waals surface area contributed by atoms with Gasteiger partial charge in [0.15, 0.2) is 0 Å². The van der Waals surface area contributed by atoms with E-state index in [1.165, 1.54) is 0 Å². The van der Waals surface area contributed by atoms with Gasteiger partial charge in [0.2, 0.25) is 0 Å². The van der Waals surface area contributed by atoms with E-state index in [0.717, 1.165) is 10.9 Å². The topological polar surface area (TPSA) is 87.2 Å². The van der Waals surface area contributed by atoms with E-state index in [-0.39, 0.29) is 6.61 Å². The molecular weight excluding hydrogens is 230 g/mol. The quantitative estimate of drug-likeness (QED) is 0.836. The minimum atomic E-state index is -3.93. The standard InChI is InChI=1S/C9H11N3O3S/c1-12-9(6-15-16(10,13)14)7-4-2-3-5-8(7)11-12/h2-5H,6H2,1H3,(H2,10,13,14). The fourth-order valence-corrected chi connectivity index (χ4v) is 1.79. The summed E-state index contributed by atoms with van der Waals surface area (Å²) in [4.78, 5) is 0. The molecule has 0 spiro atoms. The Hall–Kier alpha value is -1.44. The smallest absolute Gasteiger partial charge is 0.269 e. The molecule has 2 aromatic rings. The molecule has 1 heterocycles. The van der Waals surface area contributed by atoms with Crippen LogP contribution in [0.4, 0.5) is 0 Å². The van der Waals surface area contributed by atoms with Crippen molar-refractivity contribution in [3.05, 3.63) is 30.0 Å². The summed E-state index contributed by atoms with van der Waals surface area (Å²) in [6.45, 7) is -0.115. The summed E-state index contributed by atoms with van der Waals surface area (Å²) >= 11 is 0. The van der Waals surface area contributed by atoms with Crippen LogP contribution < -0.4 is 5.14 Å². The molecule has 6 nitrogen and oxygen atoms in total. The number of fused-ring (bicyclic) bond motifs is 1. The van der Waals surface area contributed by atoms with Gasteiger partial charge in [-0.1, -0.05) is 18.2 Å². The average molecular weight is 241 g/mol. The van der Waals surface area contributed by atoms with Crippen molar-refractivity contribution >= 4 is 21.2 Å². The van der Waals surface area contributed by atoms with Crippen molar-refractivity contribution in [2.75, 3.05) is 0 Å². The molecule has 0 saturated heterocycles. The van der Waals surface area contributed by atoms with E-state index < -0.39 is 10.3 Å². The number of aromatic nitrogens is 2. The van der Waals surface area contributed by atoms with Crippen LogP contribution in [0.2, 0.25) is 0 Å². The molecule has 0 saturated carbocycles. The highest BCUT2D eigenvalue weighted by Gasteiger charge is 2.11. The van der Waals surface area contributed by atoms with E-state index in [9.17, 15) is 8.42 Å². The number of hydrogen-bond acceptors (Lipinski definition) is 4. The minimum absolute atomic E-state index is 0.115. The summed E-state index contributed by atoms with van der Waals surface area (Å²) in [5.74, 6) is 0. The average Bonchev–Trinajstić information content (AvgIpc) is 2.49. The first-order chi connectivity index (χ1) is 7.47. The second kappa shape index (κ2) is 3.85. The van der Waals surface area contributed by atoms with E-state index >= 15 is 0 Å². The molecule has 0 amide bonds. The van der Waals surface area contributed by atoms with E-state index in [4.69, 9.17) is 5.14 Å². The van der Waals surface area contributed by atoms with Gasteiger partial charge < -0.3 is 0 Å². The second-order valence-corrected chi connectivity index (χ2v) is 4.56. The first kappa shape index (κ1) is 11.1. The minimum Gasteiger partial charge on any atom is -0.269 e. The van der Waals surface area contributed by atoms with Crippen LogP contribution in [-0.2, 0) is 28.1 Å². The molecule has 86 valence electrons. The maximum Gasteiger partial charge on any atom is 0.333 e. The van der Waals surface area contributed by atoms with Crippen LogP contribution in [0.5, 0.6) is 0 Å². The third-order valence-electron chi connectivity index (χ3n) is 2.22. The van der Waals surface area contributed by atoms with Crippen LogP contribution in [-0.4, -0.2) is 18.2 Å². The third-order valence-corrected chi connectivity index (χ3v) is 2.67. The van der Waals surface area contributed by atoms with E-state index in [0.29, 0.717) is 5.69 Å². The van der Waals surface area contributed by atoms with Crippen molar-refractivity contribution in [1.82, 2.24) is 9.78 Å². The van der Waals surface area contributed by atoms with Crippen molar-refractivity contribution in [3.63, 3.8) is 0 Å². The number of nitrogens with two attached hydrogens (primary N) is 1. The maximum absolute atomic E-state index is 10.7. The molecule has 0 aliphatic carbocycles. The zero-order valence-corrected chi connectivity index (χ0v) is 9.44. The highest BCUT2D eigenvalue weighted by Crippen LogP contribution is 2.18. The molecule has 0 aliphatic heterocycles. The highest BCUT2D eigenvalue weighted by atomic mass is 32.2. The Morgan fingerprint density at radius 3 is 2.81 bits per heavy atom. The molecule has 1 aromatic heterocycles. The van der Waals surface area contributed by atoms with E-state index in [1.807, 2.05) is 24.3 Å². The Kier molecular flexibility index (Phi) is 2.66. The van der Waals surface area contributed by atoms with Crippen LogP contribution in [0.3, 0.4) is 0 Å². The molecule has 0 atom stereocenters. The predicted molar refractivity (Wildman–Crippen MR) is 58.6 cm³/mol. The Bertz CT molecular complexity index is 618. The SMILES string of the molecule is Cn1nc2ccccc2c1COS(N)(=O)=O. The van der Waals surface area contributed by atoms with Gasteiger partial charge in [-0.2, -0.15) is 13.5 Å². The van der Waals surface area contributed by atoms with Gasteiger partial charge in [0.25, 0.3) is 0 Å². The lowest BCUT2D eigenvalue weighted by Gasteiger charge is -2.02. The van der Waals surface area contributed by atoms with Crippen LogP contribution in [0, 0.1) is 0 Å². The van der Waals surface area contributed by atoms with E-state index in [1.54, 1.807) is 11.7 Å². The zero-order chi connectivity index (χ0) is 11.8. The molecule has 0 fully saturated rings. The zero-order valence-electron chi connectivity index (χ0n) is 8.62. The molecular formula is C9H11N3O3S. The number of hydrogen-bond donors (Lipinski definition) is 1. The molecule has 0 bridgehead atoms. The van der Waals surface area contributed by atoms with Gasteiger partial charge in [0, 0.05) is 12.4 Å². The number of benzene rings is 1. The summed E-state index contributed by atoms with van der Waals surface area (Å²) in [6.07, 6.45) is 0. The number of rotatable bonds is 3. The molecule has 2 rings (SSSR count). The maximum atomic E-state index is 10.7. The van der Waals surface area contributed by atoms with Crippen LogP contribution in [0.1, 0.15) is 5.69 Å². The summed E-state index contributed by atoms with van der Waals surface area (Å²) in [5, 5.41) is 9.84. The van der Waals surface area contributed by atoms with Crippen molar-refractivity contribution < 1.29 is 12.6 Å². The first-order valence-corrected chi connectivity index (χ1v) is 6.02. The highest BCUT2D eigenvalue weighted by molar-refractivity contribution is 7.84. The van der Waals surface area contributed by atoms with Gasteiger partial charge in [-0.05, 0) is 6.07 Å². The largest absolute Gasteiger partial charge is 0.333 e. The molecule has 16 heavy (non-hydrogen) atoms. The van der Waals surface area contributed by atoms with Gasteiger partial charge in [-0.25, -0.2) is 5.14 Å². The molecule has 7 heteroatoms. The summed E-state index contributed by atoms with van der Waals surface area (Å²) in [6, 6.07) is 7.41. The van der Waals surface area contributed by atoms with Crippen molar-refractivity contribution in [2.45, 2.75) is 6.61 Å². The van der Waals surface area contributed by atoms with E-state index in [2.05, 4.69) is 9.28 Å². The number of aryl methyl sites for hydroxylation is 1. The normalized spacial score (nSPS) is 12.1. The van der Waals surface area contributed by atoms with Gasteiger partial charge in [-0.15, -0.1) is 0 Å². The van der Waals surface area contributed by atoms with Crippen LogP contribution in [0.25, 0.3) is 10.9 Å². The molecule has 0 aliphatic rings. The van der Waals surface area contributed by atoms with Crippen LogP contribution in [0.15, 0.2) is 24.3 Å². The fourth-order valence-electron chi connectivity index (χ4n) is 1.51. The Balaban J connectivity index is 2.40. The Labute approximate surface area is 92.9 Å². The summed E-state index contributed by atoms with van der Waals surface area (Å²) in [5.41, 5.74) is 1.46. The van der Waals surface area contributed by atoms with Gasteiger partial charge in [0.05, 0.1) is 11.2 Å². The Morgan fingerprint density at radius 2 is 2.12 bits per heavy atom. The van der Waals surface area contributed by atoms with Crippen molar-refractivity contribution in [1.29, 1.82) is 0 Å².